The predicted octanol–water partition coefficient (Wildman–Crippen LogP) is 5.39. The Balaban J connectivity index is 1.62. The molecule has 13 heteroatoms. The van der Waals surface area contributed by atoms with Crippen molar-refractivity contribution >= 4 is 56.6 Å². The molecule has 210 valence electrons. The zero-order valence-corrected chi connectivity index (χ0v) is 25.0. The van der Waals surface area contributed by atoms with E-state index in [1.165, 1.54) is 22.8 Å². The zero-order valence-electron chi connectivity index (χ0n) is 21.8. The SMILES string of the molecule is CCOC(=O)C1=C(C)N=c2s/c(=C/c3ccc(-c4ccc([N+](=O)[O-])cc4Cl)o3)c(=O)n2[C@H]1c1ccc(OC)c(Br)c1. The van der Waals surface area contributed by atoms with Gasteiger partial charge in [0, 0.05) is 23.8 Å². The summed E-state index contributed by atoms with van der Waals surface area (Å²) in [6.07, 6.45) is 1.58. The van der Waals surface area contributed by atoms with Gasteiger partial charge >= 0.3 is 5.97 Å². The Labute approximate surface area is 250 Å². The molecule has 1 atom stereocenters. The Kier molecular flexibility index (Phi) is 7.98. The number of methoxy groups -OCH3 is 1. The smallest absolute Gasteiger partial charge is 0.338 e. The van der Waals surface area contributed by atoms with Gasteiger partial charge in [-0.05, 0) is 65.7 Å². The second-order valence-electron chi connectivity index (χ2n) is 8.82. The number of benzene rings is 2. The molecule has 3 heterocycles. The molecule has 0 saturated heterocycles. The fourth-order valence-electron chi connectivity index (χ4n) is 4.48. The van der Waals surface area contributed by atoms with E-state index in [9.17, 15) is 19.7 Å². The Hall–Kier alpha value is -4.00. The van der Waals surface area contributed by atoms with Gasteiger partial charge in [0.25, 0.3) is 11.2 Å². The topological polar surface area (TPSA) is 126 Å². The highest BCUT2D eigenvalue weighted by Gasteiger charge is 2.33. The number of non-ortho nitro benzene ring substituents is 1. The lowest BCUT2D eigenvalue weighted by Crippen LogP contribution is -2.39. The normalized spacial score (nSPS) is 15.0. The van der Waals surface area contributed by atoms with E-state index < -0.39 is 16.9 Å². The second-order valence-corrected chi connectivity index (χ2v) is 11.1. The van der Waals surface area contributed by atoms with Crippen LogP contribution >= 0.6 is 38.9 Å². The van der Waals surface area contributed by atoms with Gasteiger partial charge in [0.2, 0.25) is 0 Å². The van der Waals surface area contributed by atoms with E-state index in [-0.39, 0.29) is 28.4 Å². The van der Waals surface area contributed by atoms with Crippen LogP contribution in [-0.4, -0.2) is 29.2 Å². The average Bonchev–Trinajstić information content (AvgIpc) is 3.51. The summed E-state index contributed by atoms with van der Waals surface area (Å²) in [6.45, 7) is 3.59. The molecule has 0 bridgehead atoms. The molecule has 0 N–H and O–H groups in total. The highest BCUT2D eigenvalue weighted by atomic mass is 79.9. The van der Waals surface area contributed by atoms with E-state index in [2.05, 4.69) is 20.9 Å². The summed E-state index contributed by atoms with van der Waals surface area (Å²) in [5.41, 5.74) is 1.33. The van der Waals surface area contributed by atoms with Crippen LogP contribution in [0.15, 0.2) is 78.5 Å². The number of hydrogen-bond donors (Lipinski definition) is 0. The number of esters is 1. The highest BCUT2D eigenvalue weighted by molar-refractivity contribution is 9.10. The van der Waals surface area contributed by atoms with Crippen LogP contribution < -0.4 is 19.6 Å². The number of allylic oxidation sites excluding steroid dienone is 1. The molecule has 1 aliphatic heterocycles. The number of nitro groups is 1. The Morgan fingerprint density at radius 3 is 2.71 bits per heavy atom. The molecule has 41 heavy (non-hydrogen) atoms. The van der Waals surface area contributed by atoms with Crippen LogP contribution in [0, 0.1) is 10.1 Å². The maximum Gasteiger partial charge on any atom is 0.338 e. The average molecular weight is 659 g/mol. The van der Waals surface area contributed by atoms with Crippen molar-refractivity contribution < 1.29 is 23.6 Å². The Morgan fingerprint density at radius 1 is 1.27 bits per heavy atom. The number of carbonyl (C=O) groups excluding carboxylic acids is 1. The third-order valence-electron chi connectivity index (χ3n) is 6.34. The minimum atomic E-state index is -0.791. The standard InChI is InChI=1S/C28H21BrClN3O7S/c1-4-39-27(35)24-14(2)31-28-32(25(24)15-5-9-22(38-3)19(29)11-15)26(34)23(41-28)13-17-7-10-21(40-17)18-8-6-16(33(36)37)12-20(18)30/h5-13,25H,4H2,1-3H3/b23-13+/t25-/m0/s1. The number of fused-ring (bicyclic) bond motifs is 1. The molecule has 0 fully saturated rings. The van der Waals surface area contributed by atoms with Crippen LogP contribution in [0.25, 0.3) is 17.4 Å². The molecular weight excluding hydrogens is 638 g/mol. The summed E-state index contributed by atoms with van der Waals surface area (Å²) in [7, 11) is 1.55. The summed E-state index contributed by atoms with van der Waals surface area (Å²) in [5.74, 6) is 0.784. The van der Waals surface area contributed by atoms with E-state index in [4.69, 9.17) is 25.5 Å². The monoisotopic (exact) mass is 657 g/mol. The lowest BCUT2D eigenvalue weighted by molar-refractivity contribution is -0.384. The number of nitrogens with zero attached hydrogens (tertiary/aromatic N) is 3. The molecule has 0 unspecified atom stereocenters. The van der Waals surface area contributed by atoms with Gasteiger partial charge in [0.1, 0.15) is 17.3 Å². The van der Waals surface area contributed by atoms with Gasteiger partial charge in [-0.15, -0.1) is 0 Å². The summed E-state index contributed by atoms with van der Waals surface area (Å²) in [4.78, 5) is 42.4. The van der Waals surface area contributed by atoms with Crippen LogP contribution in [0.2, 0.25) is 5.02 Å². The van der Waals surface area contributed by atoms with E-state index in [0.717, 1.165) is 11.3 Å². The fourth-order valence-corrected chi connectivity index (χ4v) is 6.33. The molecule has 4 aromatic rings. The first-order valence-electron chi connectivity index (χ1n) is 12.2. The van der Waals surface area contributed by atoms with Gasteiger partial charge in [-0.1, -0.05) is 29.0 Å². The lowest BCUT2D eigenvalue weighted by Gasteiger charge is -2.25. The number of rotatable bonds is 7. The molecule has 2 aromatic carbocycles. The zero-order chi connectivity index (χ0) is 29.4. The number of halogens is 2. The van der Waals surface area contributed by atoms with Crippen LogP contribution in [0.1, 0.15) is 31.2 Å². The van der Waals surface area contributed by atoms with Crippen molar-refractivity contribution in [3.05, 3.63) is 110 Å². The first-order chi connectivity index (χ1) is 19.6. The summed E-state index contributed by atoms with van der Waals surface area (Å²) >= 11 is 10.9. The number of aromatic nitrogens is 1. The van der Waals surface area contributed by atoms with Crippen LogP contribution in [0.3, 0.4) is 0 Å². The molecule has 0 radical (unpaired) electrons. The maximum absolute atomic E-state index is 13.8. The first-order valence-corrected chi connectivity index (χ1v) is 14.2. The third kappa shape index (κ3) is 5.37. The highest BCUT2D eigenvalue weighted by Crippen LogP contribution is 2.35. The van der Waals surface area contributed by atoms with Crippen molar-refractivity contribution in [3.63, 3.8) is 0 Å². The minimum Gasteiger partial charge on any atom is -0.496 e. The number of thiazole rings is 1. The van der Waals surface area contributed by atoms with Gasteiger partial charge in [0.05, 0.1) is 50.0 Å². The Bertz CT molecular complexity index is 1920. The summed E-state index contributed by atoms with van der Waals surface area (Å²) < 4.78 is 19.1. The maximum atomic E-state index is 13.8. The van der Waals surface area contributed by atoms with Crippen LogP contribution in [-0.2, 0) is 9.53 Å². The molecular formula is C28H21BrClN3O7S. The number of hydrogen-bond acceptors (Lipinski definition) is 9. The molecule has 0 aliphatic carbocycles. The predicted molar refractivity (Wildman–Crippen MR) is 157 cm³/mol. The molecule has 2 aromatic heterocycles. The molecule has 1 aliphatic rings. The fraction of sp³-hybridized carbons (Fsp3) is 0.179. The quantitative estimate of drug-likeness (QED) is 0.148. The molecule has 0 amide bonds. The third-order valence-corrected chi connectivity index (χ3v) is 8.25. The number of carbonyl (C=O) groups is 1. The van der Waals surface area contributed by atoms with Crippen molar-refractivity contribution in [2.24, 2.45) is 4.99 Å². The molecule has 0 saturated carbocycles. The number of furan rings is 1. The number of nitro benzene ring substituents is 1. The van der Waals surface area contributed by atoms with Gasteiger partial charge in [0.15, 0.2) is 4.80 Å². The first kappa shape index (κ1) is 28.5. The lowest BCUT2D eigenvalue weighted by atomic mass is 9.96. The minimum absolute atomic E-state index is 0.137. The van der Waals surface area contributed by atoms with Gasteiger partial charge < -0.3 is 13.9 Å². The molecule has 5 rings (SSSR count). The largest absolute Gasteiger partial charge is 0.496 e. The van der Waals surface area contributed by atoms with Gasteiger partial charge in [-0.2, -0.15) is 0 Å². The van der Waals surface area contributed by atoms with Crippen molar-refractivity contribution in [2.75, 3.05) is 13.7 Å². The summed E-state index contributed by atoms with van der Waals surface area (Å²) in [6, 6.07) is 12.0. The van der Waals surface area contributed by atoms with E-state index in [1.54, 1.807) is 57.4 Å². The van der Waals surface area contributed by atoms with Crippen molar-refractivity contribution in [2.45, 2.75) is 19.9 Å². The summed E-state index contributed by atoms with van der Waals surface area (Å²) in [5, 5.41) is 11.2. The van der Waals surface area contributed by atoms with Crippen LogP contribution in [0.4, 0.5) is 5.69 Å². The van der Waals surface area contributed by atoms with Gasteiger partial charge in [-0.25, -0.2) is 9.79 Å². The van der Waals surface area contributed by atoms with Crippen molar-refractivity contribution in [3.8, 4) is 17.1 Å². The van der Waals surface area contributed by atoms with E-state index >= 15 is 0 Å². The second kappa shape index (κ2) is 11.5. The molecule has 10 nitrogen and oxygen atoms in total. The van der Waals surface area contributed by atoms with Crippen LogP contribution in [0.5, 0.6) is 5.75 Å². The Morgan fingerprint density at radius 2 is 2.05 bits per heavy atom. The van der Waals surface area contributed by atoms with E-state index in [0.29, 0.717) is 47.9 Å². The van der Waals surface area contributed by atoms with Crippen molar-refractivity contribution in [1.82, 2.24) is 4.57 Å². The van der Waals surface area contributed by atoms with Crippen molar-refractivity contribution in [1.29, 1.82) is 0 Å². The number of ether oxygens (including phenoxy) is 2. The van der Waals surface area contributed by atoms with Gasteiger partial charge in [-0.3, -0.25) is 19.5 Å². The van der Waals surface area contributed by atoms with E-state index in [1.807, 2.05) is 0 Å². The molecule has 0 spiro atoms.